The summed E-state index contributed by atoms with van der Waals surface area (Å²) in [6.07, 6.45) is 0. The molecule has 0 aliphatic carbocycles. The molecule has 0 spiro atoms. The number of aryl methyl sites for hydroxylation is 1. The van der Waals surface area contributed by atoms with Crippen molar-refractivity contribution in [1.82, 2.24) is 4.90 Å². The first-order chi connectivity index (χ1) is 9.62. The van der Waals surface area contributed by atoms with Gasteiger partial charge in [0.05, 0.1) is 4.92 Å². The van der Waals surface area contributed by atoms with Gasteiger partial charge in [-0.15, -0.1) is 0 Å². The van der Waals surface area contributed by atoms with Crippen molar-refractivity contribution in [2.45, 2.75) is 33.2 Å². The summed E-state index contributed by atoms with van der Waals surface area (Å²) in [7, 11) is 0. The predicted octanol–water partition coefficient (Wildman–Crippen LogP) is 2.23. The Morgan fingerprint density at radius 1 is 1.38 bits per heavy atom. The van der Waals surface area contributed by atoms with Crippen molar-refractivity contribution in [2.24, 2.45) is 0 Å². The quantitative estimate of drug-likeness (QED) is 0.663. The average molecular weight is 294 g/mol. The number of nitro benzene ring substituents is 1. The molecule has 0 aliphatic rings. The molecule has 0 fully saturated rings. The van der Waals surface area contributed by atoms with Crippen molar-refractivity contribution in [1.29, 1.82) is 0 Å². The van der Waals surface area contributed by atoms with Crippen LogP contribution in [0.3, 0.4) is 0 Å². The van der Waals surface area contributed by atoms with Crippen LogP contribution in [0.5, 0.6) is 0 Å². The summed E-state index contributed by atoms with van der Waals surface area (Å²) in [5.74, 6) is -1.84. The highest BCUT2D eigenvalue weighted by Gasteiger charge is 2.39. The zero-order valence-electron chi connectivity index (χ0n) is 12.4. The van der Waals surface area contributed by atoms with Crippen molar-refractivity contribution in [3.63, 3.8) is 0 Å². The monoisotopic (exact) mass is 294 g/mol. The number of amides is 1. The van der Waals surface area contributed by atoms with Gasteiger partial charge >= 0.3 is 5.97 Å². The highest BCUT2D eigenvalue weighted by Crippen LogP contribution is 2.25. The second-order valence-corrected chi connectivity index (χ2v) is 5.19. The van der Waals surface area contributed by atoms with E-state index in [1.807, 2.05) is 0 Å². The summed E-state index contributed by atoms with van der Waals surface area (Å²) < 4.78 is 0. The fourth-order valence-electron chi connectivity index (χ4n) is 2.03. The van der Waals surface area contributed by atoms with Crippen LogP contribution in [0.15, 0.2) is 18.2 Å². The van der Waals surface area contributed by atoms with Gasteiger partial charge in [-0.1, -0.05) is 6.07 Å². The third-order valence-electron chi connectivity index (χ3n) is 3.34. The molecule has 0 aromatic heterocycles. The molecule has 114 valence electrons. The number of hydrogen-bond donors (Lipinski definition) is 1. The van der Waals surface area contributed by atoms with E-state index in [9.17, 15) is 24.8 Å². The van der Waals surface area contributed by atoms with Gasteiger partial charge in [-0.3, -0.25) is 14.9 Å². The molecule has 0 bridgehead atoms. The zero-order valence-corrected chi connectivity index (χ0v) is 12.4. The molecule has 0 radical (unpaired) electrons. The van der Waals surface area contributed by atoms with E-state index in [-0.39, 0.29) is 17.8 Å². The Morgan fingerprint density at radius 3 is 2.38 bits per heavy atom. The smallest absolute Gasteiger partial charge is 0.329 e. The maximum absolute atomic E-state index is 12.6. The maximum Gasteiger partial charge on any atom is 0.329 e. The summed E-state index contributed by atoms with van der Waals surface area (Å²) in [5, 5.41) is 20.3. The molecule has 7 heteroatoms. The number of carboxylic acid groups (broad SMARTS) is 1. The molecule has 21 heavy (non-hydrogen) atoms. The lowest BCUT2D eigenvalue weighted by Gasteiger charge is -2.34. The van der Waals surface area contributed by atoms with Gasteiger partial charge in [0.15, 0.2) is 0 Å². The molecule has 1 amide bonds. The lowest BCUT2D eigenvalue weighted by atomic mass is 10.00. The fourth-order valence-corrected chi connectivity index (χ4v) is 2.03. The van der Waals surface area contributed by atoms with Crippen LogP contribution in [0.4, 0.5) is 5.69 Å². The number of hydrogen-bond acceptors (Lipinski definition) is 4. The molecule has 0 heterocycles. The van der Waals surface area contributed by atoms with E-state index in [0.29, 0.717) is 5.56 Å². The third-order valence-corrected chi connectivity index (χ3v) is 3.34. The topological polar surface area (TPSA) is 101 Å². The van der Waals surface area contributed by atoms with E-state index in [4.69, 9.17) is 0 Å². The fraction of sp³-hybridized carbons (Fsp3) is 0.429. The Balaban J connectivity index is 3.39. The van der Waals surface area contributed by atoms with Crippen LogP contribution < -0.4 is 0 Å². The standard InChI is InChI=1S/C14H18N2O5/c1-5-15(14(3,4)13(18)19)12(17)10-8-9(2)6-7-11(10)16(20)21/h6-8H,5H2,1-4H3,(H,18,19). The molecule has 1 N–H and O–H groups in total. The minimum Gasteiger partial charge on any atom is -0.480 e. The Hall–Kier alpha value is -2.44. The largest absolute Gasteiger partial charge is 0.480 e. The average Bonchev–Trinajstić information content (AvgIpc) is 2.38. The Morgan fingerprint density at radius 2 is 1.95 bits per heavy atom. The van der Waals surface area contributed by atoms with E-state index in [1.54, 1.807) is 13.8 Å². The van der Waals surface area contributed by atoms with Crippen LogP contribution in [0.2, 0.25) is 0 Å². The van der Waals surface area contributed by atoms with Gasteiger partial charge in [0.1, 0.15) is 11.1 Å². The summed E-state index contributed by atoms with van der Waals surface area (Å²) in [5.41, 5.74) is -1.20. The number of nitrogens with zero attached hydrogens (tertiary/aromatic N) is 2. The number of rotatable bonds is 5. The van der Waals surface area contributed by atoms with Gasteiger partial charge in [0, 0.05) is 12.6 Å². The Bertz CT molecular complexity index is 595. The molecule has 1 aromatic rings. The second-order valence-electron chi connectivity index (χ2n) is 5.19. The van der Waals surface area contributed by atoms with Crippen molar-refractivity contribution in [3.8, 4) is 0 Å². The molecule has 0 atom stereocenters. The van der Waals surface area contributed by atoms with Gasteiger partial charge < -0.3 is 10.0 Å². The molecule has 0 unspecified atom stereocenters. The van der Waals surface area contributed by atoms with Crippen molar-refractivity contribution < 1.29 is 19.6 Å². The van der Waals surface area contributed by atoms with E-state index in [1.165, 1.54) is 32.0 Å². The van der Waals surface area contributed by atoms with Crippen LogP contribution >= 0.6 is 0 Å². The van der Waals surface area contributed by atoms with Crippen molar-refractivity contribution in [2.75, 3.05) is 6.54 Å². The number of nitro groups is 1. The summed E-state index contributed by atoms with van der Waals surface area (Å²) in [6.45, 7) is 6.24. The van der Waals surface area contributed by atoms with Crippen molar-refractivity contribution >= 4 is 17.6 Å². The van der Waals surface area contributed by atoms with Gasteiger partial charge in [0.2, 0.25) is 0 Å². The molecule has 0 saturated heterocycles. The second kappa shape index (κ2) is 5.90. The van der Waals surface area contributed by atoms with Crippen LogP contribution in [0.1, 0.15) is 36.7 Å². The van der Waals surface area contributed by atoms with E-state index < -0.39 is 22.3 Å². The van der Waals surface area contributed by atoms with Gasteiger partial charge in [-0.05, 0) is 39.3 Å². The van der Waals surface area contributed by atoms with E-state index in [2.05, 4.69) is 0 Å². The number of aliphatic carboxylic acids is 1. The number of likely N-dealkylation sites (N-methyl/N-ethyl adjacent to an activating group) is 1. The number of benzene rings is 1. The van der Waals surface area contributed by atoms with E-state index >= 15 is 0 Å². The number of carboxylic acids is 1. The van der Waals surface area contributed by atoms with Gasteiger partial charge in [0.25, 0.3) is 11.6 Å². The molecular formula is C14H18N2O5. The Kier molecular flexibility index (Phi) is 4.67. The van der Waals surface area contributed by atoms with Crippen LogP contribution in [-0.4, -0.2) is 38.9 Å². The molecule has 1 rings (SSSR count). The summed E-state index contributed by atoms with van der Waals surface area (Å²) in [4.78, 5) is 35.4. The first-order valence-electron chi connectivity index (χ1n) is 6.43. The Labute approximate surface area is 122 Å². The van der Waals surface area contributed by atoms with Gasteiger partial charge in [-0.25, -0.2) is 4.79 Å². The summed E-state index contributed by atoms with van der Waals surface area (Å²) in [6, 6.07) is 4.19. The molecule has 0 saturated carbocycles. The first kappa shape index (κ1) is 16.6. The predicted molar refractivity (Wildman–Crippen MR) is 76.3 cm³/mol. The highest BCUT2D eigenvalue weighted by atomic mass is 16.6. The molecular weight excluding hydrogens is 276 g/mol. The van der Waals surface area contributed by atoms with Crippen LogP contribution in [-0.2, 0) is 4.79 Å². The third kappa shape index (κ3) is 3.18. The van der Waals surface area contributed by atoms with Crippen LogP contribution in [0.25, 0.3) is 0 Å². The van der Waals surface area contributed by atoms with Crippen molar-refractivity contribution in [3.05, 3.63) is 39.4 Å². The highest BCUT2D eigenvalue weighted by molar-refractivity contribution is 6.01. The summed E-state index contributed by atoms with van der Waals surface area (Å²) >= 11 is 0. The van der Waals surface area contributed by atoms with Gasteiger partial charge in [-0.2, -0.15) is 0 Å². The molecule has 7 nitrogen and oxygen atoms in total. The minimum absolute atomic E-state index is 0.101. The normalized spacial score (nSPS) is 11.0. The zero-order chi connectivity index (χ0) is 16.4. The van der Waals surface area contributed by atoms with Crippen LogP contribution in [0, 0.1) is 17.0 Å². The SMILES string of the molecule is CCN(C(=O)c1cc(C)ccc1[N+](=O)[O-])C(C)(C)C(=O)O. The minimum atomic E-state index is -1.45. The molecule has 0 aliphatic heterocycles. The number of carbonyl (C=O) groups excluding carboxylic acids is 1. The van der Waals surface area contributed by atoms with E-state index in [0.717, 1.165) is 4.90 Å². The lowest BCUT2D eigenvalue weighted by molar-refractivity contribution is -0.385. The first-order valence-corrected chi connectivity index (χ1v) is 6.43. The molecule has 1 aromatic carbocycles. The lowest BCUT2D eigenvalue weighted by Crippen LogP contribution is -2.53. The number of carbonyl (C=O) groups is 2. The maximum atomic E-state index is 12.6.